The van der Waals surface area contributed by atoms with Crippen LogP contribution in [-0.2, 0) is 6.54 Å². The lowest BCUT2D eigenvalue weighted by atomic mass is 10.2. The van der Waals surface area contributed by atoms with E-state index in [4.69, 9.17) is 0 Å². The highest BCUT2D eigenvalue weighted by Gasteiger charge is 2.11. The Kier molecular flexibility index (Phi) is 7.71. The fourth-order valence-electron chi connectivity index (χ4n) is 1.90. The third kappa shape index (κ3) is 6.27. The molecule has 106 valence electrons. The van der Waals surface area contributed by atoms with Crippen molar-refractivity contribution in [3.8, 4) is 0 Å². The van der Waals surface area contributed by atoms with Crippen LogP contribution < -0.4 is 5.32 Å². The zero-order valence-corrected chi connectivity index (χ0v) is 12.2. The number of amides is 2. The minimum atomic E-state index is 0.0609. The van der Waals surface area contributed by atoms with Gasteiger partial charge in [0.1, 0.15) is 0 Å². The number of urea groups is 1. The Hall–Kier alpha value is -1.51. The van der Waals surface area contributed by atoms with Gasteiger partial charge in [0.15, 0.2) is 0 Å². The molecule has 0 aliphatic rings. The summed E-state index contributed by atoms with van der Waals surface area (Å²) in [6.45, 7) is 6.63. The Morgan fingerprint density at radius 2 is 1.63 bits per heavy atom. The third-order valence-corrected chi connectivity index (χ3v) is 3.14. The summed E-state index contributed by atoms with van der Waals surface area (Å²) in [7, 11) is 0. The molecule has 0 heterocycles. The summed E-state index contributed by atoms with van der Waals surface area (Å²) in [5.41, 5.74) is 1.14. The van der Waals surface area contributed by atoms with Crippen LogP contribution in [0.15, 0.2) is 30.3 Å². The minimum absolute atomic E-state index is 0.0609. The number of carbonyl (C=O) groups excluding carboxylic acids is 1. The number of hydrogen-bond donors (Lipinski definition) is 1. The Morgan fingerprint density at radius 1 is 1.05 bits per heavy atom. The number of benzene rings is 1. The van der Waals surface area contributed by atoms with Crippen LogP contribution in [0.5, 0.6) is 0 Å². The fraction of sp³-hybridized carbons (Fsp3) is 0.562. The van der Waals surface area contributed by atoms with E-state index in [0.29, 0.717) is 6.54 Å². The van der Waals surface area contributed by atoms with Gasteiger partial charge in [0.05, 0.1) is 0 Å². The summed E-state index contributed by atoms with van der Waals surface area (Å²) in [4.78, 5) is 14.1. The van der Waals surface area contributed by atoms with Gasteiger partial charge in [-0.15, -0.1) is 0 Å². The molecule has 0 aromatic heterocycles. The van der Waals surface area contributed by atoms with Crippen molar-refractivity contribution < 1.29 is 4.79 Å². The maximum Gasteiger partial charge on any atom is 0.317 e. The molecule has 1 rings (SSSR count). The molecule has 0 aliphatic heterocycles. The van der Waals surface area contributed by atoms with E-state index >= 15 is 0 Å². The smallest absolute Gasteiger partial charge is 0.317 e. The zero-order valence-electron chi connectivity index (χ0n) is 12.2. The van der Waals surface area contributed by atoms with Gasteiger partial charge in [-0.2, -0.15) is 0 Å². The van der Waals surface area contributed by atoms with Gasteiger partial charge in [-0.1, -0.05) is 57.0 Å². The molecule has 0 bridgehead atoms. The van der Waals surface area contributed by atoms with Gasteiger partial charge in [-0.25, -0.2) is 4.79 Å². The first-order chi connectivity index (χ1) is 9.27. The summed E-state index contributed by atoms with van der Waals surface area (Å²) in [5, 5.41) is 3.00. The molecule has 19 heavy (non-hydrogen) atoms. The average molecular weight is 262 g/mol. The summed E-state index contributed by atoms with van der Waals surface area (Å²) < 4.78 is 0. The van der Waals surface area contributed by atoms with Gasteiger partial charge >= 0.3 is 6.03 Å². The molecule has 3 heteroatoms. The molecule has 0 unspecified atom stereocenters. The number of rotatable bonds is 8. The Labute approximate surface area is 117 Å². The zero-order chi connectivity index (χ0) is 13.9. The maximum absolute atomic E-state index is 12.1. The molecule has 1 N–H and O–H groups in total. The molecule has 3 nitrogen and oxygen atoms in total. The average Bonchev–Trinajstić information content (AvgIpc) is 2.46. The van der Waals surface area contributed by atoms with Crippen molar-refractivity contribution in [2.75, 3.05) is 13.1 Å². The van der Waals surface area contributed by atoms with Crippen molar-refractivity contribution in [1.29, 1.82) is 0 Å². The van der Waals surface area contributed by atoms with E-state index < -0.39 is 0 Å². The number of hydrogen-bond acceptors (Lipinski definition) is 1. The van der Waals surface area contributed by atoms with Crippen LogP contribution in [0.2, 0.25) is 0 Å². The second-order valence-corrected chi connectivity index (χ2v) is 4.84. The molecule has 1 aromatic carbocycles. The maximum atomic E-state index is 12.1. The van der Waals surface area contributed by atoms with Crippen LogP contribution >= 0.6 is 0 Å². The minimum Gasteiger partial charge on any atom is -0.334 e. The predicted molar refractivity (Wildman–Crippen MR) is 80.1 cm³/mol. The van der Waals surface area contributed by atoms with Crippen molar-refractivity contribution in [1.82, 2.24) is 10.2 Å². The predicted octanol–water partition coefficient (Wildman–Crippen LogP) is 3.80. The molecule has 0 saturated carbocycles. The second-order valence-electron chi connectivity index (χ2n) is 4.84. The van der Waals surface area contributed by atoms with Crippen LogP contribution in [0.25, 0.3) is 0 Å². The lowest BCUT2D eigenvalue weighted by molar-refractivity contribution is 0.195. The van der Waals surface area contributed by atoms with E-state index in [9.17, 15) is 4.79 Å². The molecule has 0 radical (unpaired) electrons. The molecule has 0 spiro atoms. The largest absolute Gasteiger partial charge is 0.334 e. The highest BCUT2D eigenvalue weighted by molar-refractivity contribution is 5.74. The van der Waals surface area contributed by atoms with Gasteiger partial charge in [0.25, 0.3) is 0 Å². The Balaban J connectivity index is 2.41. The van der Waals surface area contributed by atoms with E-state index in [1.165, 1.54) is 0 Å². The van der Waals surface area contributed by atoms with E-state index in [1.807, 2.05) is 35.2 Å². The van der Waals surface area contributed by atoms with Crippen LogP contribution in [0, 0.1) is 0 Å². The van der Waals surface area contributed by atoms with Crippen LogP contribution in [0.3, 0.4) is 0 Å². The quantitative estimate of drug-likeness (QED) is 0.759. The first kappa shape index (κ1) is 15.5. The summed E-state index contributed by atoms with van der Waals surface area (Å²) in [6, 6.07) is 10.1. The number of carbonyl (C=O) groups is 1. The third-order valence-electron chi connectivity index (χ3n) is 3.14. The molecule has 0 atom stereocenters. The van der Waals surface area contributed by atoms with Gasteiger partial charge in [-0.05, 0) is 18.4 Å². The number of nitrogens with zero attached hydrogens (tertiary/aromatic N) is 1. The summed E-state index contributed by atoms with van der Waals surface area (Å²) in [6.07, 6.45) is 4.38. The topological polar surface area (TPSA) is 32.3 Å². The number of nitrogens with one attached hydrogen (secondary N) is 1. The van der Waals surface area contributed by atoms with E-state index in [2.05, 4.69) is 19.2 Å². The first-order valence-corrected chi connectivity index (χ1v) is 7.34. The van der Waals surface area contributed by atoms with E-state index in [1.54, 1.807) is 0 Å². The van der Waals surface area contributed by atoms with E-state index in [0.717, 1.165) is 44.3 Å². The lowest BCUT2D eigenvalue weighted by Gasteiger charge is -2.22. The summed E-state index contributed by atoms with van der Waals surface area (Å²) >= 11 is 0. The van der Waals surface area contributed by atoms with Crippen molar-refractivity contribution in [3.63, 3.8) is 0 Å². The van der Waals surface area contributed by atoms with Gasteiger partial charge in [-0.3, -0.25) is 0 Å². The molecule has 0 saturated heterocycles. The standard InChI is InChI=1S/C16H26N2O/c1-3-5-12-18(13-6-4-2)16(19)17-14-15-10-8-7-9-11-15/h7-11H,3-6,12-14H2,1-2H3,(H,17,19). The Bertz CT molecular complexity index is 343. The highest BCUT2D eigenvalue weighted by atomic mass is 16.2. The molecule has 2 amide bonds. The van der Waals surface area contributed by atoms with E-state index in [-0.39, 0.29) is 6.03 Å². The van der Waals surface area contributed by atoms with Crippen LogP contribution in [-0.4, -0.2) is 24.0 Å². The highest BCUT2D eigenvalue weighted by Crippen LogP contribution is 2.02. The molecular weight excluding hydrogens is 236 g/mol. The van der Waals surface area contributed by atoms with Crippen molar-refractivity contribution >= 4 is 6.03 Å². The molecular formula is C16H26N2O. The second kappa shape index (κ2) is 9.42. The van der Waals surface area contributed by atoms with Crippen molar-refractivity contribution in [2.24, 2.45) is 0 Å². The molecule has 0 fully saturated rings. The normalized spacial score (nSPS) is 10.2. The first-order valence-electron chi connectivity index (χ1n) is 7.34. The van der Waals surface area contributed by atoms with Crippen molar-refractivity contribution in [3.05, 3.63) is 35.9 Å². The summed E-state index contributed by atoms with van der Waals surface area (Å²) in [5.74, 6) is 0. The fourth-order valence-corrected chi connectivity index (χ4v) is 1.90. The van der Waals surface area contributed by atoms with Gasteiger partial charge in [0, 0.05) is 19.6 Å². The van der Waals surface area contributed by atoms with Gasteiger partial charge < -0.3 is 10.2 Å². The SMILES string of the molecule is CCCCN(CCCC)C(=O)NCc1ccccc1. The van der Waals surface area contributed by atoms with Gasteiger partial charge in [0.2, 0.25) is 0 Å². The Morgan fingerprint density at radius 3 is 2.16 bits per heavy atom. The molecule has 1 aromatic rings. The van der Waals surface area contributed by atoms with Crippen LogP contribution in [0.1, 0.15) is 45.1 Å². The van der Waals surface area contributed by atoms with Crippen molar-refractivity contribution in [2.45, 2.75) is 46.1 Å². The monoisotopic (exact) mass is 262 g/mol. The number of unbranched alkanes of at least 4 members (excludes halogenated alkanes) is 2. The van der Waals surface area contributed by atoms with Crippen LogP contribution in [0.4, 0.5) is 4.79 Å². The lowest BCUT2D eigenvalue weighted by Crippen LogP contribution is -2.40. The molecule has 0 aliphatic carbocycles.